The summed E-state index contributed by atoms with van der Waals surface area (Å²) in [5.74, 6) is -1.07. The highest BCUT2D eigenvalue weighted by Crippen LogP contribution is 2.33. The van der Waals surface area contributed by atoms with Gasteiger partial charge in [-0.05, 0) is 55.5 Å². The number of rotatable bonds is 8. The zero-order valence-corrected chi connectivity index (χ0v) is 18.2. The molecule has 0 atom stereocenters. The monoisotopic (exact) mass is 450 g/mol. The zero-order chi connectivity index (χ0) is 23.4. The number of pyridine rings is 2. The fraction of sp³-hybridized carbons (Fsp3) is 0.280. The van der Waals surface area contributed by atoms with Crippen molar-refractivity contribution in [2.24, 2.45) is 5.92 Å². The van der Waals surface area contributed by atoms with Crippen molar-refractivity contribution in [3.63, 3.8) is 0 Å². The van der Waals surface area contributed by atoms with E-state index in [1.54, 1.807) is 36.4 Å². The van der Waals surface area contributed by atoms with E-state index in [2.05, 4.69) is 15.3 Å². The maximum Gasteiger partial charge on any atom is 0.224 e. The third-order valence-electron chi connectivity index (χ3n) is 5.56. The summed E-state index contributed by atoms with van der Waals surface area (Å²) >= 11 is 0. The van der Waals surface area contributed by atoms with Gasteiger partial charge in [0.1, 0.15) is 5.82 Å². The van der Waals surface area contributed by atoms with Gasteiger partial charge in [0.15, 0.2) is 0 Å². The maximum atomic E-state index is 14.8. The first-order chi connectivity index (χ1) is 15.9. The Bertz CT molecular complexity index is 1160. The van der Waals surface area contributed by atoms with Crippen molar-refractivity contribution in [3.8, 4) is 11.3 Å². The van der Waals surface area contributed by atoms with Gasteiger partial charge in [-0.3, -0.25) is 14.6 Å². The minimum atomic E-state index is -0.575. The average molecular weight is 450 g/mol. The van der Waals surface area contributed by atoms with Gasteiger partial charge < -0.3 is 10.2 Å². The highest BCUT2D eigenvalue weighted by atomic mass is 19.1. The molecule has 3 aromatic rings. The maximum absolute atomic E-state index is 14.8. The minimum Gasteiger partial charge on any atom is -0.325 e. The molecule has 0 aliphatic heterocycles. The predicted octanol–water partition coefficient (Wildman–Crippen LogP) is 4.76. The summed E-state index contributed by atoms with van der Waals surface area (Å²) in [5, 5.41) is 2.72. The number of anilines is 2. The summed E-state index contributed by atoms with van der Waals surface area (Å²) in [7, 11) is 0. The van der Waals surface area contributed by atoms with Crippen molar-refractivity contribution < 1.29 is 18.4 Å². The molecule has 2 heterocycles. The van der Waals surface area contributed by atoms with Crippen molar-refractivity contribution in [2.75, 3.05) is 16.8 Å². The number of nitrogens with zero attached hydrogens (tertiary/aromatic N) is 3. The Kier molecular flexibility index (Phi) is 6.72. The lowest BCUT2D eigenvalue weighted by Crippen LogP contribution is -2.31. The van der Waals surface area contributed by atoms with Gasteiger partial charge in [0.05, 0.1) is 23.3 Å². The fourth-order valence-corrected chi connectivity index (χ4v) is 3.56. The molecule has 0 spiro atoms. The largest absolute Gasteiger partial charge is 0.325 e. The summed E-state index contributed by atoms with van der Waals surface area (Å²) in [5.41, 5.74) is 2.24. The first-order valence-electron chi connectivity index (χ1n) is 10.8. The van der Waals surface area contributed by atoms with Crippen LogP contribution in [0.2, 0.25) is 0 Å². The average Bonchev–Trinajstić information content (AvgIpc) is 3.62. The molecule has 0 radical (unpaired) electrons. The molecule has 4 rings (SSSR count). The molecule has 1 saturated carbocycles. The van der Waals surface area contributed by atoms with E-state index in [1.165, 1.54) is 30.3 Å². The first kappa shape index (κ1) is 22.5. The van der Waals surface area contributed by atoms with Crippen LogP contribution >= 0.6 is 0 Å². The summed E-state index contributed by atoms with van der Waals surface area (Å²) in [6.07, 6.45) is 5.32. The normalized spacial score (nSPS) is 12.9. The van der Waals surface area contributed by atoms with Crippen LogP contribution in [-0.2, 0) is 16.0 Å². The molecule has 8 heteroatoms. The number of nitrogens with one attached hydrogen (secondary N) is 1. The zero-order valence-electron chi connectivity index (χ0n) is 18.2. The van der Waals surface area contributed by atoms with Gasteiger partial charge in [-0.25, -0.2) is 9.37 Å². The summed E-state index contributed by atoms with van der Waals surface area (Å²) in [6, 6.07) is 11.3. The molecule has 6 nitrogen and oxygen atoms in total. The Morgan fingerprint density at radius 1 is 1.12 bits per heavy atom. The van der Waals surface area contributed by atoms with E-state index < -0.39 is 11.8 Å². The molecular weight excluding hydrogens is 426 g/mol. The molecule has 1 N–H and O–H groups in total. The number of aromatic nitrogens is 2. The second-order valence-corrected chi connectivity index (χ2v) is 8.17. The molecule has 2 aromatic heterocycles. The molecule has 0 unspecified atom stereocenters. The van der Waals surface area contributed by atoms with Crippen LogP contribution in [0, 0.1) is 17.7 Å². The van der Waals surface area contributed by atoms with Crippen LogP contribution in [-0.4, -0.2) is 28.3 Å². The lowest BCUT2D eigenvalue weighted by Gasteiger charge is -2.22. The number of aryl methyl sites for hydroxylation is 1. The third-order valence-corrected chi connectivity index (χ3v) is 5.56. The van der Waals surface area contributed by atoms with Crippen molar-refractivity contribution in [2.45, 2.75) is 32.6 Å². The second kappa shape index (κ2) is 9.85. The molecule has 1 aromatic carbocycles. The molecule has 0 bridgehead atoms. The number of amides is 2. The standard InChI is InChI=1S/C25H24F2N4O2/c1-16(32)31(15-17-4-5-17)23-10-6-19(13-21(23)26)22-9-8-20(14-29-22)30-24(33)11-7-18-3-2-12-28-25(18)27/h2-3,6,8-10,12-14,17H,4-5,7,11,15H2,1H3,(H,30,33). The lowest BCUT2D eigenvalue weighted by atomic mass is 10.1. The molecule has 1 aliphatic rings. The van der Waals surface area contributed by atoms with E-state index in [-0.39, 0.29) is 30.3 Å². The number of hydrogen-bond donors (Lipinski definition) is 1. The van der Waals surface area contributed by atoms with Crippen molar-refractivity contribution in [1.29, 1.82) is 0 Å². The van der Waals surface area contributed by atoms with Crippen LogP contribution in [0.4, 0.5) is 20.2 Å². The first-order valence-corrected chi connectivity index (χ1v) is 10.8. The highest BCUT2D eigenvalue weighted by molar-refractivity contribution is 5.92. The number of benzene rings is 1. The topological polar surface area (TPSA) is 75.2 Å². The van der Waals surface area contributed by atoms with Crippen LogP contribution in [0.1, 0.15) is 31.7 Å². The van der Waals surface area contributed by atoms with Gasteiger partial charge >= 0.3 is 0 Å². The third kappa shape index (κ3) is 5.77. The summed E-state index contributed by atoms with van der Waals surface area (Å²) in [4.78, 5) is 33.5. The fourth-order valence-electron chi connectivity index (χ4n) is 3.56. The molecule has 1 fully saturated rings. The molecule has 33 heavy (non-hydrogen) atoms. The van der Waals surface area contributed by atoms with Crippen LogP contribution in [0.5, 0.6) is 0 Å². The van der Waals surface area contributed by atoms with Gasteiger partial charge in [0.2, 0.25) is 17.8 Å². The molecular formula is C25H24F2N4O2. The van der Waals surface area contributed by atoms with Crippen molar-refractivity contribution in [1.82, 2.24) is 9.97 Å². The van der Waals surface area contributed by atoms with E-state index in [4.69, 9.17) is 0 Å². The summed E-state index contributed by atoms with van der Waals surface area (Å²) < 4.78 is 28.4. The van der Waals surface area contributed by atoms with Crippen LogP contribution in [0.15, 0.2) is 54.9 Å². The Labute approximate surface area is 190 Å². The Balaban J connectivity index is 1.39. The van der Waals surface area contributed by atoms with Crippen molar-refractivity contribution >= 4 is 23.2 Å². The van der Waals surface area contributed by atoms with Gasteiger partial charge in [-0.1, -0.05) is 12.1 Å². The second-order valence-electron chi connectivity index (χ2n) is 8.17. The molecule has 1 aliphatic carbocycles. The van der Waals surface area contributed by atoms with E-state index >= 15 is 0 Å². The Morgan fingerprint density at radius 3 is 2.58 bits per heavy atom. The van der Waals surface area contributed by atoms with Crippen LogP contribution < -0.4 is 10.2 Å². The molecule has 2 amide bonds. The van der Waals surface area contributed by atoms with E-state index in [0.29, 0.717) is 35.0 Å². The van der Waals surface area contributed by atoms with E-state index in [0.717, 1.165) is 12.8 Å². The number of halogens is 2. The minimum absolute atomic E-state index is 0.102. The SMILES string of the molecule is CC(=O)N(CC1CC1)c1ccc(-c2ccc(NC(=O)CCc3cccnc3F)cn2)cc1F. The van der Waals surface area contributed by atoms with Crippen LogP contribution in [0.3, 0.4) is 0 Å². The number of hydrogen-bond acceptors (Lipinski definition) is 4. The van der Waals surface area contributed by atoms with Gasteiger partial charge in [0.25, 0.3) is 0 Å². The van der Waals surface area contributed by atoms with E-state index in [9.17, 15) is 18.4 Å². The summed E-state index contributed by atoms with van der Waals surface area (Å²) in [6.45, 7) is 1.98. The van der Waals surface area contributed by atoms with Gasteiger partial charge in [0, 0.05) is 37.2 Å². The molecule has 170 valence electrons. The number of carbonyl (C=O) groups is 2. The van der Waals surface area contributed by atoms with Gasteiger partial charge in [-0.15, -0.1) is 0 Å². The van der Waals surface area contributed by atoms with Crippen molar-refractivity contribution in [3.05, 3.63) is 72.2 Å². The Hall–Kier alpha value is -3.68. The van der Waals surface area contributed by atoms with Gasteiger partial charge in [-0.2, -0.15) is 4.39 Å². The predicted molar refractivity (Wildman–Crippen MR) is 122 cm³/mol. The number of carbonyl (C=O) groups excluding carboxylic acids is 2. The quantitative estimate of drug-likeness (QED) is 0.503. The lowest BCUT2D eigenvalue weighted by molar-refractivity contribution is -0.117. The highest BCUT2D eigenvalue weighted by Gasteiger charge is 2.27. The van der Waals surface area contributed by atoms with Crippen LogP contribution in [0.25, 0.3) is 11.3 Å². The molecule has 0 saturated heterocycles. The van der Waals surface area contributed by atoms with E-state index in [1.807, 2.05) is 0 Å². The smallest absolute Gasteiger partial charge is 0.224 e. The Morgan fingerprint density at radius 2 is 1.94 bits per heavy atom.